The summed E-state index contributed by atoms with van der Waals surface area (Å²) in [6.45, 7) is 2.01. The smallest absolute Gasteiger partial charge is 0.226 e. The van der Waals surface area contributed by atoms with Gasteiger partial charge in [0.15, 0.2) is 5.82 Å². The van der Waals surface area contributed by atoms with Gasteiger partial charge in [-0.1, -0.05) is 36.3 Å². The molecule has 1 atom stereocenters. The van der Waals surface area contributed by atoms with E-state index in [1.807, 2.05) is 6.92 Å². The van der Waals surface area contributed by atoms with Gasteiger partial charge in [0, 0.05) is 25.3 Å². The van der Waals surface area contributed by atoms with E-state index in [2.05, 4.69) is 39.3 Å². The van der Waals surface area contributed by atoms with Crippen molar-refractivity contribution in [3.05, 3.63) is 47.1 Å². The molecule has 132 valence electrons. The molecule has 0 saturated heterocycles. The zero-order valence-electron chi connectivity index (χ0n) is 14.8. The number of carbonyl (C=O) groups is 1. The van der Waals surface area contributed by atoms with Crippen molar-refractivity contribution >= 4 is 5.91 Å². The maximum atomic E-state index is 12.9. The highest BCUT2D eigenvalue weighted by Gasteiger charge is 2.39. The van der Waals surface area contributed by atoms with Crippen LogP contribution in [0.1, 0.15) is 67.9 Å². The van der Waals surface area contributed by atoms with Crippen LogP contribution in [0.3, 0.4) is 0 Å². The molecule has 2 aromatic rings. The molecule has 1 aromatic heterocycles. The van der Waals surface area contributed by atoms with Crippen LogP contribution in [0.15, 0.2) is 28.8 Å². The van der Waals surface area contributed by atoms with Gasteiger partial charge in [-0.3, -0.25) is 4.79 Å². The van der Waals surface area contributed by atoms with E-state index in [0.29, 0.717) is 24.8 Å². The highest BCUT2D eigenvalue weighted by Crippen LogP contribution is 2.42. The van der Waals surface area contributed by atoms with E-state index in [4.69, 9.17) is 4.52 Å². The summed E-state index contributed by atoms with van der Waals surface area (Å²) in [5.41, 5.74) is 2.76. The predicted molar refractivity (Wildman–Crippen MR) is 94.0 cm³/mol. The van der Waals surface area contributed by atoms with Gasteiger partial charge in [-0.25, -0.2) is 0 Å². The minimum absolute atomic E-state index is 0.270. The van der Waals surface area contributed by atoms with Crippen molar-refractivity contribution in [1.29, 1.82) is 0 Å². The van der Waals surface area contributed by atoms with Crippen molar-refractivity contribution in [2.75, 3.05) is 0 Å². The van der Waals surface area contributed by atoms with Crippen LogP contribution in [0, 0.1) is 0 Å². The second kappa shape index (κ2) is 6.98. The second-order valence-corrected chi connectivity index (χ2v) is 7.10. The quantitative estimate of drug-likeness (QED) is 0.773. The van der Waals surface area contributed by atoms with Crippen molar-refractivity contribution in [2.24, 2.45) is 0 Å². The molecule has 0 aliphatic heterocycles. The number of rotatable bonds is 7. The monoisotopic (exact) mass is 339 g/mol. The summed E-state index contributed by atoms with van der Waals surface area (Å²) in [4.78, 5) is 19.4. The Morgan fingerprint density at radius 1 is 1.28 bits per heavy atom. The summed E-state index contributed by atoms with van der Waals surface area (Å²) in [6, 6.07) is 9.30. The van der Waals surface area contributed by atoms with Gasteiger partial charge in [0.05, 0.1) is 6.04 Å². The lowest BCUT2D eigenvalue weighted by Crippen LogP contribution is -2.35. The zero-order chi connectivity index (χ0) is 17.2. The molecule has 1 saturated carbocycles. The van der Waals surface area contributed by atoms with Crippen LogP contribution in [0.4, 0.5) is 0 Å². The normalized spacial score (nSPS) is 19.0. The summed E-state index contributed by atoms with van der Waals surface area (Å²) in [6.07, 6.45) is 7.21. The van der Waals surface area contributed by atoms with E-state index in [-0.39, 0.29) is 11.9 Å². The third-order valence-corrected chi connectivity index (χ3v) is 5.27. The molecule has 0 unspecified atom stereocenters. The molecule has 0 bridgehead atoms. The fraction of sp³-hybridized carbons (Fsp3) is 0.550. The molecule has 2 aliphatic carbocycles. The molecule has 1 heterocycles. The van der Waals surface area contributed by atoms with E-state index in [9.17, 15) is 4.79 Å². The first-order chi connectivity index (χ1) is 12.3. The molecular formula is C20H25N3O2. The lowest BCUT2D eigenvalue weighted by Gasteiger charge is -2.30. The Labute approximate surface area is 148 Å². The number of aromatic nitrogens is 2. The van der Waals surface area contributed by atoms with Crippen molar-refractivity contribution in [3.8, 4) is 0 Å². The molecule has 25 heavy (non-hydrogen) atoms. The fourth-order valence-electron chi connectivity index (χ4n) is 3.86. The van der Waals surface area contributed by atoms with E-state index in [0.717, 1.165) is 44.3 Å². The number of nitrogens with zero attached hydrogens (tertiary/aromatic N) is 3. The Morgan fingerprint density at radius 3 is 2.88 bits per heavy atom. The minimum atomic E-state index is 0.270. The third-order valence-electron chi connectivity index (χ3n) is 5.27. The maximum Gasteiger partial charge on any atom is 0.226 e. The first kappa shape index (κ1) is 16.3. The summed E-state index contributed by atoms with van der Waals surface area (Å²) >= 11 is 0. The minimum Gasteiger partial charge on any atom is -0.339 e. The lowest BCUT2D eigenvalue weighted by atomic mass is 10.1. The van der Waals surface area contributed by atoms with Gasteiger partial charge in [0.25, 0.3) is 0 Å². The highest BCUT2D eigenvalue weighted by atomic mass is 16.5. The second-order valence-electron chi connectivity index (χ2n) is 7.10. The molecule has 2 aliphatic rings. The third kappa shape index (κ3) is 3.46. The van der Waals surface area contributed by atoms with Crippen LogP contribution in [-0.4, -0.2) is 27.0 Å². The molecule has 0 N–H and O–H groups in total. The zero-order valence-corrected chi connectivity index (χ0v) is 14.8. The highest BCUT2D eigenvalue weighted by molar-refractivity contribution is 5.77. The van der Waals surface area contributed by atoms with Gasteiger partial charge in [-0.2, -0.15) is 4.98 Å². The lowest BCUT2D eigenvalue weighted by molar-refractivity contribution is -0.134. The van der Waals surface area contributed by atoms with Gasteiger partial charge < -0.3 is 9.42 Å². The number of hydrogen-bond donors (Lipinski definition) is 0. The largest absolute Gasteiger partial charge is 0.339 e. The van der Waals surface area contributed by atoms with E-state index in [1.165, 1.54) is 11.1 Å². The predicted octanol–water partition coefficient (Wildman–Crippen LogP) is 3.63. The summed E-state index contributed by atoms with van der Waals surface area (Å²) in [5, 5.41) is 3.91. The van der Waals surface area contributed by atoms with Gasteiger partial charge in [-0.05, 0) is 43.2 Å². The Kier molecular flexibility index (Phi) is 4.55. The van der Waals surface area contributed by atoms with Crippen molar-refractivity contribution in [1.82, 2.24) is 15.0 Å². The SMILES string of the molecule is CCc1noc(CCCC(=O)N(C2CC2)[C@@H]2CCc3ccccc32)n1. The molecule has 1 amide bonds. The van der Waals surface area contributed by atoms with Crippen LogP contribution in [0.2, 0.25) is 0 Å². The Balaban J connectivity index is 1.39. The maximum absolute atomic E-state index is 12.9. The first-order valence-corrected chi connectivity index (χ1v) is 9.46. The van der Waals surface area contributed by atoms with Gasteiger partial charge in [0.1, 0.15) is 0 Å². The molecule has 5 nitrogen and oxygen atoms in total. The van der Waals surface area contributed by atoms with Crippen LogP contribution < -0.4 is 0 Å². The average Bonchev–Trinajstić information content (AvgIpc) is 3.20. The Hall–Kier alpha value is -2.17. The van der Waals surface area contributed by atoms with E-state index >= 15 is 0 Å². The molecule has 4 rings (SSSR count). The van der Waals surface area contributed by atoms with Gasteiger partial charge in [0.2, 0.25) is 11.8 Å². The summed E-state index contributed by atoms with van der Waals surface area (Å²) in [7, 11) is 0. The average molecular weight is 339 g/mol. The van der Waals surface area contributed by atoms with Crippen molar-refractivity contribution < 1.29 is 9.32 Å². The number of fused-ring (bicyclic) bond motifs is 1. The van der Waals surface area contributed by atoms with Crippen LogP contribution >= 0.6 is 0 Å². The molecule has 5 heteroatoms. The number of hydrogen-bond acceptors (Lipinski definition) is 4. The van der Waals surface area contributed by atoms with Crippen LogP contribution in [0.25, 0.3) is 0 Å². The summed E-state index contributed by atoms with van der Waals surface area (Å²) in [5.74, 6) is 1.66. The topological polar surface area (TPSA) is 59.2 Å². The number of benzene rings is 1. The van der Waals surface area contributed by atoms with Crippen LogP contribution in [0.5, 0.6) is 0 Å². The number of aryl methyl sites for hydroxylation is 3. The van der Waals surface area contributed by atoms with Gasteiger partial charge in [-0.15, -0.1) is 0 Å². The van der Waals surface area contributed by atoms with Crippen LogP contribution in [-0.2, 0) is 24.1 Å². The molecule has 0 spiro atoms. The molecule has 0 radical (unpaired) electrons. The Morgan fingerprint density at radius 2 is 2.12 bits per heavy atom. The Bertz CT molecular complexity index is 751. The molecule has 1 aromatic carbocycles. The molecular weight excluding hydrogens is 314 g/mol. The number of carbonyl (C=O) groups excluding carboxylic acids is 1. The van der Waals surface area contributed by atoms with Gasteiger partial charge >= 0.3 is 0 Å². The van der Waals surface area contributed by atoms with E-state index < -0.39 is 0 Å². The van der Waals surface area contributed by atoms with Crippen molar-refractivity contribution in [2.45, 2.75) is 70.4 Å². The van der Waals surface area contributed by atoms with Crippen molar-refractivity contribution in [3.63, 3.8) is 0 Å². The van der Waals surface area contributed by atoms with E-state index in [1.54, 1.807) is 0 Å². The number of amides is 1. The molecule has 1 fully saturated rings. The standard InChI is InChI=1S/C20H25N3O2/c1-2-18-21-19(25-22-18)8-5-9-20(24)23(15-11-12-15)17-13-10-14-6-3-4-7-16(14)17/h3-4,6-7,15,17H,2,5,8-13H2,1H3/t17-/m1/s1. The first-order valence-electron chi connectivity index (χ1n) is 9.46. The fourth-order valence-corrected chi connectivity index (χ4v) is 3.86. The summed E-state index contributed by atoms with van der Waals surface area (Å²) < 4.78 is 5.22.